The van der Waals surface area contributed by atoms with Crippen LogP contribution in [0.2, 0.25) is 0 Å². The summed E-state index contributed by atoms with van der Waals surface area (Å²) in [6.07, 6.45) is 7.00. The topological polar surface area (TPSA) is 15.3 Å². The fourth-order valence-electron chi connectivity index (χ4n) is 5.25. The third-order valence-corrected chi connectivity index (χ3v) is 6.95. The molecule has 4 rings (SSSR count). The molecule has 0 radical (unpaired) electrons. The van der Waals surface area contributed by atoms with E-state index < -0.39 is 0 Å². The van der Waals surface area contributed by atoms with Gasteiger partial charge >= 0.3 is 0 Å². The highest BCUT2D eigenvalue weighted by Gasteiger charge is 2.53. The van der Waals surface area contributed by atoms with Crippen molar-refractivity contribution >= 4 is 15.9 Å². The van der Waals surface area contributed by atoms with Crippen molar-refractivity contribution < 1.29 is 0 Å². The predicted octanol–water partition coefficient (Wildman–Crippen LogP) is 3.77. The fraction of sp³-hybridized carbons (Fsp3) is 0.667. The Hall–Kier alpha value is -0.380. The Bertz CT molecular complexity index is 518. The van der Waals surface area contributed by atoms with E-state index in [4.69, 9.17) is 0 Å². The van der Waals surface area contributed by atoms with Gasteiger partial charge in [-0.1, -0.05) is 40.5 Å². The number of halogens is 1. The number of fused-ring (bicyclic) bond motifs is 2. The molecule has 3 heterocycles. The van der Waals surface area contributed by atoms with Crippen LogP contribution in [0.25, 0.3) is 0 Å². The number of rotatable bonds is 1. The zero-order chi connectivity index (χ0) is 14.3. The van der Waals surface area contributed by atoms with E-state index >= 15 is 0 Å². The first-order chi connectivity index (χ1) is 10.3. The first-order valence-electron chi connectivity index (χ1n) is 8.50. The molecule has 21 heavy (non-hydrogen) atoms. The van der Waals surface area contributed by atoms with Crippen molar-refractivity contribution in [3.63, 3.8) is 0 Å². The molecule has 114 valence electrons. The molecular formula is C18H25BrN2. The monoisotopic (exact) mass is 348 g/mol. The molecule has 0 bridgehead atoms. The Morgan fingerprint density at radius 1 is 1.14 bits per heavy atom. The van der Waals surface area contributed by atoms with Crippen molar-refractivity contribution in [1.29, 1.82) is 0 Å². The zero-order valence-electron chi connectivity index (χ0n) is 12.7. The lowest BCUT2D eigenvalue weighted by Gasteiger charge is -2.49. The lowest BCUT2D eigenvalue weighted by atomic mass is 9.62. The minimum Gasteiger partial charge on any atom is -0.316 e. The van der Waals surface area contributed by atoms with Gasteiger partial charge in [-0.05, 0) is 62.4 Å². The van der Waals surface area contributed by atoms with Gasteiger partial charge in [0.1, 0.15) is 0 Å². The molecule has 1 aromatic carbocycles. The van der Waals surface area contributed by atoms with Crippen LogP contribution >= 0.6 is 15.9 Å². The van der Waals surface area contributed by atoms with Crippen LogP contribution in [0, 0.1) is 5.41 Å². The maximum Gasteiger partial charge on any atom is 0.0210 e. The molecule has 1 spiro atoms. The van der Waals surface area contributed by atoms with Gasteiger partial charge in [0.15, 0.2) is 0 Å². The number of nitrogens with zero attached hydrogens (tertiary/aromatic N) is 1. The summed E-state index contributed by atoms with van der Waals surface area (Å²) in [4.78, 5) is 2.80. The van der Waals surface area contributed by atoms with Crippen LogP contribution in [0.15, 0.2) is 28.7 Å². The molecule has 3 saturated heterocycles. The maximum absolute atomic E-state index is 3.81. The van der Waals surface area contributed by atoms with Gasteiger partial charge in [-0.25, -0.2) is 0 Å². The quantitative estimate of drug-likeness (QED) is 0.830. The average molecular weight is 349 g/mol. The van der Waals surface area contributed by atoms with Gasteiger partial charge in [-0.15, -0.1) is 0 Å². The number of hydrogen-bond acceptors (Lipinski definition) is 2. The maximum atomic E-state index is 3.81. The van der Waals surface area contributed by atoms with Crippen LogP contribution in [0.1, 0.15) is 43.6 Å². The highest BCUT2D eigenvalue weighted by molar-refractivity contribution is 9.10. The normalized spacial score (nSPS) is 36.8. The molecule has 0 saturated carbocycles. The van der Waals surface area contributed by atoms with E-state index in [9.17, 15) is 0 Å². The first-order valence-corrected chi connectivity index (χ1v) is 9.30. The van der Waals surface area contributed by atoms with E-state index in [2.05, 4.69) is 50.4 Å². The summed E-state index contributed by atoms with van der Waals surface area (Å²) in [6.45, 7) is 5.01. The van der Waals surface area contributed by atoms with E-state index in [1.165, 1.54) is 61.8 Å². The summed E-state index contributed by atoms with van der Waals surface area (Å²) in [5.74, 6) is 0.662. The zero-order valence-corrected chi connectivity index (χ0v) is 14.2. The summed E-state index contributed by atoms with van der Waals surface area (Å²) in [5, 5.41) is 3.67. The molecular weight excluding hydrogens is 324 g/mol. The number of benzene rings is 1. The first kappa shape index (κ1) is 14.2. The average Bonchev–Trinajstić information content (AvgIpc) is 2.89. The van der Waals surface area contributed by atoms with Gasteiger partial charge in [0.25, 0.3) is 0 Å². The lowest BCUT2D eigenvalue weighted by Crippen LogP contribution is -2.52. The lowest BCUT2D eigenvalue weighted by molar-refractivity contribution is 0.0661. The van der Waals surface area contributed by atoms with E-state index in [0.717, 1.165) is 12.6 Å². The Labute approximate surface area is 136 Å². The Balaban J connectivity index is 1.73. The molecule has 0 aliphatic carbocycles. The molecule has 0 aromatic heterocycles. The number of hydrogen-bond donors (Lipinski definition) is 1. The SMILES string of the molecule is Brc1ccccc1C1CNCCC12CCN1CCCCC12. The minimum atomic E-state index is 0.509. The largest absolute Gasteiger partial charge is 0.316 e. The molecule has 1 aromatic rings. The molecule has 3 unspecified atom stereocenters. The van der Waals surface area contributed by atoms with Gasteiger partial charge in [0, 0.05) is 23.0 Å². The van der Waals surface area contributed by atoms with Gasteiger partial charge in [-0.3, -0.25) is 4.90 Å². The molecule has 1 N–H and O–H groups in total. The van der Waals surface area contributed by atoms with E-state index in [1.807, 2.05) is 0 Å². The van der Waals surface area contributed by atoms with Gasteiger partial charge < -0.3 is 5.32 Å². The van der Waals surface area contributed by atoms with Crippen LogP contribution in [-0.4, -0.2) is 37.1 Å². The van der Waals surface area contributed by atoms with E-state index in [-0.39, 0.29) is 0 Å². The van der Waals surface area contributed by atoms with Crippen LogP contribution in [0.4, 0.5) is 0 Å². The van der Waals surface area contributed by atoms with Crippen LogP contribution in [0.3, 0.4) is 0 Å². The molecule has 3 atom stereocenters. The summed E-state index contributed by atoms with van der Waals surface area (Å²) < 4.78 is 1.30. The van der Waals surface area contributed by atoms with E-state index in [0.29, 0.717) is 11.3 Å². The molecule has 3 heteroatoms. The molecule has 3 aliphatic rings. The molecule has 3 fully saturated rings. The second-order valence-corrected chi connectivity index (χ2v) is 7.91. The smallest absolute Gasteiger partial charge is 0.0210 e. The third kappa shape index (κ3) is 2.29. The van der Waals surface area contributed by atoms with Crippen LogP contribution < -0.4 is 5.32 Å². The number of piperidine rings is 2. The minimum absolute atomic E-state index is 0.509. The van der Waals surface area contributed by atoms with Crippen molar-refractivity contribution in [3.8, 4) is 0 Å². The fourth-order valence-corrected chi connectivity index (χ4v) is 5.81. The van der Waals surface area contributed by atoms with Gasteiger partial charge in [-0.2, -0.15) is 0 Å². The van der Waals surface area contributed by atoms with E-state index in [1.54, 1.807) is 0 Å². The van der Waals surface area contributed by atoms with Crippen molar-refractivity contribution in [2.75, 3.05) is 26.2 Å². The second kappa shape index (κ2) is 5.68. The predicted molar refractivity (Wildman–Crippen MR) is 90.6 cm³/mol. The van der Waals surface area contributed by atoms with Crippen LogP contribution in [0.5, 0.6) is 0 Å². The summed E-state index contributed by atoms with van der Waals surface area (Å²) >= 11 is 3.81. The Morgan fingerprint density at radius 2 is 2.05 bits per heavy atom. The van der Waals surface area contributed by atoms with Gasteiger partial charge in [0.2, 0.25) is 0 Å². The van der Waals surface area contributed by atoms with Crippen molar-refractivity contribution in [1.82, 2.24) is 10.2 Å². The molecule has 3 aliphatic heterocycles. The molecule has 0 amide bonds. The summed E-state index contributed by atoms with van der Waals surface area (Å²) in [6, 6.07) is 9.72. The van der Waals surface area contributed by atoms with Crippen molar-refractivity contribution in [2.24, 2.45) is 5.41 Å². The molecule has 2 nitrogen and oxygen atoms in total. The summed E-state index contributed by atoms with van der Waals surface area (Å²) in [5.41, 5.74) is 2.03. The summed E-state index contributed by atoms with van der Waals surface area (Å²) in [7, 11) is 0. The standard InChI is InChI=1S/C18H25BrN2/c19-16-6-2-1-5-14(16)15-13-20-10-8-18(15)9-12-21-11-4-3-7-17(18)21/h1-2,5-6,15,17,20H,3-4,7-13H2. The third-order valence-electron chi connectivity index (χ3n) is 6.23. The number of nitrogens with one attached hydrogen (secondary N) is 1. The Kier molecular flexibility index (Phi) is 3.85. The van der Waals surface area contributed by atoms with Crippen LogP contribution in [-0.2, 0) is 0 Å². The van der Waals surface area contributed by atoms with Crippen molar-refractivity contribution in [2.45, 2.75) is 44.1 Å². The van der Waals surface area contributed by atoms with Gasteiger partial charge in [0.05, 0.1) is 0 Å². The highest BCUT2D eigenvalue weighted by atomic mass is 79.9. The Morgan fingerprint density at radius 3 is 2.95 bits per heavy atom. The highest BCUT2D eigenvalue weighted by Crippen LogP contribution is 2.54. The van der Waals surface area contributed by atoms with Crippen molar-refractivity contribution in [3.05, 3.63) is 34.3 Å². The second-order valence-electron chi connectivity index (χ2n) is 7.06.